The first-order valence-electron chi connectivity index (χ1n) is 7.41. The Morgan fingerprint density at radius 1 is 1.05 bits per heavy atom. The quantitative estimate of drug-likeness (QED) is 0.636. The standard InChI is InChI=1S/C17H18O3S/c1-11-2-7-14(8-3-11)21(18,19)20-16-10-13-5-4-12-6-9-15(16)17(12)13/h2-9,12-13,15-17H,10H2,1H3/t12-,13+,15-,16+,17+/m1/s1. The lowest BCUT2D eigenvalue weighted by molar-refractivity contribution is 0.176. The zero-order valence-electron chi connectivity index (χ0n) is 11.8. The second-order valence-electron chi connectivity index (χ2n) is 6.30. The molecule has 4 heteroatoms. The minimum Gasteiger partial charge on any atom is -0.262 e. The molecule has 0 heterocycles. The largest absolute Gasteiger partial charge is 0.297 e. The third-order valence-electron chi connectivity index (χ3n) is 5.01. The summed E-state index contributed by atoms with van der Waals surface area (Å²) in [7, 11) is -3.67. The predicted octanol–water partition coefficient (Wildman–Crippen LogP) is 3.08. The van der Waals surface area contributed by atoms with Crippen LogP contribution in [0.25, 0.3) is 0 Å². The van der Waals surface area contributed by atoms with Crippen LogP contribution in [0.2, 0.25) is 0 Å². The summed E-state index contributed by atoms with van der Waals surface area (Å²) in [5.74, 6) is 1.70. The van der Waals surface area contributed by atoms with Gasteiger partial charge in [0.1, 0.15) is 0 Å². The van der Waals surface area contributed by atoms with Gasteiger partial charge in [0.15, 0.2) is 0 Å². The second kappa shape index (κ2) is 4.55. The lowest BCUT2D eigenvalue weighted by Crippen LogP contribution is -2.23. The van der Waals surface area contributed by atoms with Crippen molar-refractivity contribution in [2.24, 2.45) is 23.7 Å². The fourth-order valence-electron chi connectivity index (χ4n) is 3.99. The molecule has 0 radical (unpaired) electrons. The Balaban J connectivity index is 1.58. The zero-order valence-corrected chi connectivity index (χ0v) is 12.7. The SMILES string of the molecule is Cc1ccc(S(=O)(=O)O[C@H]2C[C@@H]3C=C[C@@H]4C=C[C@H]2[C@@H]43)cc1. The van der Waals surface area contributed by atoms with E-state index >= 15 is 0 Å². The van der Waals surface area contributed by atoms with Crippen LogP contribution in [0.1, 0.15) is 12.0 Å². The molecule has 110 valence electrons. The average Bonchev–Trinajstić information content (AvgIpc) is 3.08. The number of hydrogen-bond donors (Lipinski definition) is 0. The Hall–Kier alpha value is -1.39. The fourth-order valence-corrected chi connectivity index (χ4v) is 5.10. The molecule has 1 saturated carbocycles. The lowest BCUT2D eigenvalue weighted by atomic mass is 9.90. The number of benzene rings is 1. The van der Waals surface area contributed by atoms with Crippen molar-refractivity contribution in [2.45, 2.75) is 24.3 Å². The number of rotatable bonds is 3. The summed E-state index contributed by atoms with van der Waals surface area (Å²) in [5, 5.41) is 0. The van der Waals surface area contributed by atoms with Gasteiger partial charge in [0.25, 0.3) is 10.1 Å². The molecular weight excluding hydrogens is 284 g/mol. The van der Waals surface area contributed by atoms with E-state index in [0.29, 0.717) is 17.8 Å². The lowest BCUT2D eigenvalue weighted by Gasteiger charge is -2.19. The summed E-state index contributed by atoms with van der Waals surface area (Å²) in [6.07, 6.45) is 9.40. The number of hydrogen-bond acceptors (Lipinski definition) is 3. The minimum absolute atomic E-state index is 0.225. The number of allylic oxidation sites excluding steroid dienone is 3. The van der Waals surface area contributed by atoms with Crippen LogP contribution in [0.3, 0.4) is 0 Å². The van der Waals surface area contributed by atoms with Crippen molar-refractivity contribution in [1.29, 1.82) is 0 Å². The first-order chi connectivity index (χ1) is 10.0. The summed E-state index contributed by atoms with van der Waals surface area (Å²) >= 11 is 0. The molecule has 5 atom stereocenters. The first kappa shape index (κ1) is 13.3. The summed E-state index contributed by atoms with van der Waals surface area (Å²) in [4.78, 5) is 0.249. The van der Waals surface area contributed by atoms with Crippen molar-refractivity contribution >= 4 is 10.1 Å². The molecule has 0 aromatic heterocycles. The van der Waals surface area contributed by atoms with Crippen LogP contribution in [-0.2, 0) is 14.3 Å². The maximum absolute atomic E-state index is 12.4. The van der Waals surface area contributed by atoms with Gasteiger partial charge in [0, 0.05) is 5.92 Å². The van der Waals surface area contributed by atoms with Crippen molar-refractivity contribution in [3.05, 3.63) is 54.1 Å². The maximum atomic E-state index is 12.4. The van der Waals surface area contributed by atoms with Crippen molar-refractivity contribution in [3.63, 3.8) is 0 Å². The minimum atomic E-state index is -3.67. The molecule has 0 N–H and O–H groups in total. The van der Waals surface area contributed by atoms with E-state index in [0.717, 1.165) is 12.0 Å². The van der Waals surface area contributed by atoms with Crippen LogP contribution in [0.4, 0.5) is 0 Å². The smallest absolute Gasteiger partial charge is 0.262 e. The van der Waals surface area contributed by atoms with Crippen molar-refractivity contribution in [2.75, 3.05) is 0 Å². The average molecular weight is 302 g/mol. The van der Waals surface area contributed by atoms with Crippen LogP contribution in [-0.4, -0.2) is 14.5 Å². The molecule has 1 aromatic rings. The molecule has 1 fully saturated rings. The van der Waals surface area contributed by atoms with E-state index in [9.17, 15) is 8.42 Å². The van der Waals surface area contributed by atoms with Gasteiger partial charge in [-0.2, -0.15) is 8.42 Å². The highest BCUT2D eigenvalue weighted by Gasteiger charge is 2.50. The van der Waals surface area contributed by atoms with E-state index in [1.54, 1.807) is 24.3 Å². The van der Waals surface area contributed by atoms with Gasteiger partial charge in [-0.15, -0.1) is 0 Å². The molecule has 0 aliphatic heterocycles. The first-order valence-corrected chi connectivity index (χ1v) is 8.82. The van der Waals surface area contributed by atoms with Gasteiger partial charge in [-0.25, -0.2) is 0 Å². The molecule has 0 amide bonds. The molecular formula is C17H18O3S. The topological polar surface area (TPSA) is 43.4 Å². The molecule has 1 aromatic carbocycles. The van der Waals surface area contributed by atoms with Crippen molar-refractivity contribution < 1.29 is 12.6 Å². The molecule has 3 nitrogen and oxygen atoms in total. The molecule has 0 saturated heterocycles. The highest BCUT2D eigenvalue weighted by atomic mass is 32.2. The van der Waals surface area contributed by atoms with E-state index in [4.69, 9.17) is 4.18 Å². The summed E-state index contributed by atoms with van der Waals surface area (Å²) in [5.41, 5.74) is 1.04. The Morgan fingerprint density at radius 3 is 2.52 bits per heavy atom. The summed E-state index contributed by atoms with van der Waals surface area (Å²) in [6.45, 7) is 1.94. The van der Waals surface area contributed by atoms with Crippen LogP contribution >= 0.6 is 0 Å². The third kappa shape index (κ3) is 2.09. The molecule has 3 aliphatic carbocycles. The van der Waals surface area contributed by atoms with Gasteiger partial charge >= 0.3 is 0 Å². The highest BCUT2D eigenvalue weighted by molar-refractivity contribution is 7.86. The van der Waals surface area contributed by atoms with Crippen LogP contribution in [0, 0.1) is 30.6 Å². The number of aryl methyl sites for hydroxylation is 1. The van der Waals surface area contributed by atoms with Crippen molar-refractivity contribution in [1.82, 2.24) is 0 Å². The van der Waals surface area contributed by atoms with E-state index in [2.05, 4.69) is 24.3 Å². The maximum Gasteiger partial charge on any atom is 0.297 e. The van der Waals surface area contributed by atoms with Crippen molar-refractivity contribution in [3.8, 4) is 0 Å². The molecule has 3 aliphatic rings. The second-order valence-corrected chi connectivity index (χ2v) is 7.88. The monoisotopic (exact) mass is 302 g/mol. The molecule has 21 heavy (non-hydrogen) atoms. The Labute approximate surface area is 125 Å². The molecule has 0 spiro atoms. The molecule has 0 unspecified atom stereocenters. The molecule has 4 rings (SSSR count). The molecule has 0 bridgehead atoms. The van der Waals surface area contributed by atoms with E-state index < -0.39 is 10.1 Å². The van der Waals surface area contributed by atoms with E-state index in [-0.39, 0.29) is 16.9 Å². The van der Waals surface area contributed by atoms with Gasteiger partial charge in [-0.05, 0) is 43.2 Å². The zero-order chi connectivity index (χ0) is 14.6. The normalized spacial score (nSPS) is 36.3. The van der Waals surface area contributed by atoms with Gasteiger partial charge in [0.2, 0.25) is 0 Å². The third-order valence-corrected chi connectivity index (χ3v) is 6.36. The van der Waals surface area contributed by atoms with Crippen LogP contribution in [0.15, 0.2) is 53.5 Å². The van der Waals surface area contributed by atoms with Gasteiger partial charge < -0.3 is 0 Å². The van der Waals surface area contributed by atoms with Gasteiger partial charge in [0.05, 0.1) is 11.0 Å². The van der Waals surface area contributed by atoms with Crippen LogP contribution < -0.4 is 0 Å². The Kier molecular flexibility index (Phi) is 2.88. The van der Waals surface area contributed by atoms with Gasteiger partial charge in [-0.1, -0.05) is 42.0 Å². The summed E-state index contributed by atoms with van der Waals surface area (Å²) in [6, 6.07) is 6.84. The van der Waals surface area contributed by atoms with E-state index in [1.807, 2.05) is 6.92 Å². The summed E-state index contributed by atoms with van der Waals surface area (Å²) < 4.78 is 30.4. The predicted molar refractivity (Wildman–Crippen MR) is 80.1 cm³/mol. The van der Waals surface area contributed by atoms with E-state index in [1.165, 1.54) is 0 Å². The van der Waals surface area contributed by atoms with Crippen LogP contribution in [0.5, 0.6) is 0 Å². The fraction of sp³-hybridized carbons (Fsp3) is 0.412. The Morgan fingerprint density at radius 2 is 1.76 bits per heavy atom. The highest BCUT2D eigenvalue weighted by Crippen LogP contribution is 2.53. The van der Waals surface area contributed by atoms with Gasteiger partial charge in [-0.3, -0.25) is 4.18 Å². The Bertz CT molecular complexity index is 715.